The topological polar surface area (TPSA) is 95.9 Å². The maximum atomic E-state index is 12.0. The van der Waals surface area contributed by atoms with Crippen molar-refractivity contribution in [2.45, 2.75) is 24.2 Å². The zero-order chi connectivity index (χ0) is 13.3. The van der Waals surface area contributed by atoms with Gasteiger partial charge in [0.25, 0.3) is 0 Å². The van der Waals surface area contributed by atoms with Crippen molar-refractivity contribution in [1.29, 1.82) is 0 Å². The lowest BCUT2D eigenvalue weighted by Crippen LogP contribution is -2.67. The summed E-state index contributed by atoms with van der Waals surface area (Å²) in [6.07, 6.45) is -7.38. The van der Waals surface area contributed by atoms with Crippen LogP contribution in [0.4, 0.5) is 13.2 Å². The number of halogens is 3. The van der Waals surface area contributed by atoms with Gasteiger partial charge in [0.1, 0.15) is 6.10 Å². The Kier molecular flexibility index (Phi) is 3.62. The van der Waals surface area contributed by atoms with Crippen LogP contribution in [0.5, 0.6) is 0 Å². The summed E-state index contributed by atoms with van der Waals surface area (Å²) in [5.74, 6) is -4.13. The van der Waals surface area contributed by atoms with Gasteiger partial charge < -0.3 is 20.3 Å². The molecule has 0 spiro atoms. The van der Waals surface area contributed by atoms with Crippen LogP contribution in [0, 0.1) is 0 Å². The highest BCUT2D eigenvalue weighted by Crippen LogP contribution is 2.24. The Morgan fingerprint density at radius 2 is 2.00 bits per heavy atom. The Morgan fingerprint density at radius 1 is 1.41 bits per heavy atom. The number of carboxylic acid groups (broad SMARTS) is 1. The van der Waals surface area contributed by atoms with Gasteiger partial charge in [0.05, 0.1) is 6.61 Å². The molecule has 0 unspecified atom stereocenters. The number of carbonyl (C=O) groups is 2. The van der Waals surface area contributed by atoms with E-state index in [9.17, 15) is 27.9 Å². The third-order valence-corrected chi connectivity index (χ3v) is 2.46. The van der Waals surface area contributed by atoms with E-state index in [2.05, 4.69) is 0 Å². The number of carboxylic acids is 1. The second kappa shape index (κ2) is 4.49. The monoisotopic (exact) mass is 257 g/mol. The van der Waals surface area contributed by atoms with Crippen molar-refractivity contribution in [3.05, 3.63) is 0 Å². The number of amides is 1. The standard InChI is InChI=1S/C8H10F3NO5/c9-8(10,11)5(14)12-7(6(15)16)1-2-17-3-4(7)13/h4,13H,1-3H2,(H,12,14)(H,15,16)/t4-,7-/m1/s1. The number of ether oxygens (including phenoxy) is 1. The molecule has 1 aliphatic rings. The highest BCUT2D eigenvalue weighted by Gasteiger charge is 2.53. The molecule has 0 aliphatic carbocycles. The first-order valence-corrected chi connectivity index (χ1v) is 4.58. The number of aliphatic hydroxyl groups excluding tert-OH is 1. The van der Waals surface area contributed by atoms with Gasteiger partial charge in [0.15, 0.2) is 5.54 Å². The first-order valence-electron chi connectivity index (χ1n) is 4.58. The third-order valence-electron chi connectivity index (χ3n) is 2.46. The summed E-state index contributed by atoms with van der Waals surface area (Å²) >= 11 is 0. The average Bonchev–Trinajstić information content (AvgIpc) is 2.19. The molecule has 1 heterocycles. The normalized spacial score (nSPS) is 29.8. The molecule has 0 saturated carbocycles. The second-order valence-electron chi connectivity index (χ2n) is 3.57. The molecular weight excluding hydrogens is 247 g/mol. The van der Waals surface area contributed by atoms with E-state index in [1.54, 1.807) is 0 Å². The smallest absolute Gasteiger partial charge is 0.471 e. The minimum Gasteiger partial charge on any atom is -0.479 e. The highest BCUT2D eigenvalue weighted by molar-refractivity contribution is 5.90. The van der Waals surface area contributed by atoms with Gasteiger partial charge in [-0.3, -0.25) is 4.79 Å². The minimum atomic E-state index is -5.21. The number of alkyl halides is 3. The van der Waals surface area contributed by atoms with Crippen LogP contribution in [-0.4, -0.2) is 53.1 Å². The lowest BCUT2D eigenvalue weighted by atomic mass is 9.87. The molecule has 0 aromatic rings. The average molecular weight is 257 g/mol. The number of rotatable bonds is 2. The van der Waals surface area contributed by atoms with Crippen LogP contribution in [-0.2, 0) is 14.3 Å². The van der Waals surface area contributed by atoms with E-state index in [0.29, 0.717) is 0 Å². The quantitative estimate of drug-likeness (QED) is 0.606. The molecular formula is C8H10F3NO5. The number of aliphatic hydroxyl groups is 1. The fraction of sp³-hybridized carbons (Fsp3) is 0.750. The van der Waals surface area contributed by atoms with Crippen molar-refractivity contribution >= 4 is 11.9 Å². The summed E-state index contributed by atoms with van der Waals surface area (Å²) in [5, 5.41) is 19.6. The van der Waals surface area contributed by atoms with Crippen molar-refractivity contribution in [2.24, 2.45) is 0 Å². The van der Waals surface area contributed by atoms with Crippen molar-refractivity contribution in [3.8, 4) is 0 Å². The molecule has 1 fully saturated rings. The molecule has 98 valence electrons. The van der Waals surface area contributed by atoms with E-state index in [4.69, 9.17) is 9.84 Å². The molecule has 1 rings (SSSR count). The summed E-state index contributed by atoms with van der Waals surface area (Å²) in [5.41, 5.74) is -2.36. The van der Waals surface area contributed by atoms with E-state index in [0.717, 1.165) is 0 Å². The SMILES string of the molecule is O=C(N[C@]1(C(=O)O)CCOC[C@H]1O)C(F)(F)F. The Balaban J connectivity index is 2.93. The van der Waals surface area contributed by atoms with E-state index < -0.39 is 42.7 Å². The van der Waals surface area contributed by atoms with Crippen molar-refractivity contribution in [1.82, 2.24) is 5.32 Å². The highest BCUT2D eigenvalue weighted by atomic mass is 19.4. The summed E-state index contributed by atoms with van der Waals surface area (Å²) in [6.45, 7) is -0.619. The van der Waals surface area contributed by atoms with Gasteiger partial charge in [0.2, 0.25) is 0 Å². The van der Waals surface area contributed by atoms with Gasteiger partial charge in [-0.1, -0.05) is 0 Å². The largest absolute Gasteiger partial charge is 0.479 e. The van der Waals surface area contributed by atoms with E-state index in [-0.39, 0.29) is 6.61 Å². The zero-order valence-electron chi connectivity index (χ0n) is 8.45. The molecule has 1 aliphatic heterocycles. The fourth-order valence-corrected chi connectivity index (χ4v) is 1.46. The zero-order valence-corrected chi connectivity index (χ0v) is 8.45. The molecule has 6 nitrogen and oxygen atoms in total. The van der Waals surface area contributed by atoms with Crippen LogP contribution in [0.15, 0.2) is 0 Å². The molecule has 1 amide bonds. The number of aliphatic carboxylic acids is 1. The Morgan fingerprint density at radius 3 is 2.41 bits per heavy atom. The van der Waals surface area contributed by atoms with Crippen LogP contribution in [0.25, 0.3) is 0 Å². The predicted octanol–water partition coefficient (Wildman–Crippen LogP) is -0.731. The van der Waals surface area contributed by atoms with Gasteiger partial charge in [-0.2, -0.15) is 13.2 Å². The van der Waals surface area contributed by atoms with E-state index in [1.165, 1.54) is 5.32 Å². The van der Waals surface area contributed by atoms with Crippen LogP contribution in [0.3, 0.4) is 0 Å². The maximum absolute atomic E-state index is 12.0. The van der Waals surface area contributed by atoms with Gasteiger partial charge in [-0.15, -0.1) is 0 Å². The van der Waals surface area contributed by atoms with Crippen LogP contribution in [0.2, 0.25) is 0 Å². The number of nitrogens with one attached hydrogen (secondary N) is 1. The number of hydrogen-bond donors (Lipinski definition) is 3. The lowest BCUT2D eigenvalue weighted by Gasteiger charge is -2.38. The molecule has 17 heavy (non-hydrogen) atoms. The molecule has 0 aromatic heterocycles. The predicted molar refractivity (Wildman–Crippen MR) is 46.0 cm³/mol. The van der Waals surface area contributed by atoms with Crippen LogP contribution in [0.1, 0.15) is 6.42 Å². The van der Waals surface area contributed by atoms with Gasteiger partial charge in [-0.05, 0) is 0 Å². The Labute approximate surface area is 93.4 Å². The fourth-order valence-electron chi connectivity index (χ4n) is 1.46. The molecule has 0 radical (unpaired) electrons. The molecule has 1 saturated heterocycles. The summed E-state index contributed by atoms with van der Waals surface area (Å²) < 4.78 is 40.8. The Hall–Kier alpha value is -1.35. The third kappa shape index (κ3) is 2.67. The van der Waals surface area contributed by atoms with Crippen molar-refractivity contribution in [3.63, 3.8) is 0 Å². The van der Waals surface area contributed by atoms with Crippen LogP contribution < -0.4 is 5.32 Å². The van der Waals surface area contributed by atoms with Crippen LogP contribution >= 0.6 is 0 Å². The van der Waals surface area contributed by atoms with Gasteiger partial charge in [-0.25, -0.2) is 4.79 Å². The molecule has 3 N–H and O–H groups in total. The lowest BCUT2D eigenvalue weighted by molar-refractivity contribution is -0.184. The minimum absolute atomic E-state index is 0.165. The maximum Gasteiger partial charge on any atom is 0.471 e. The molecule has 2 atom stereocenters. The van der Waals surface area contributed by atoms with Gasteiger partial charge >= 0.3 is 18.1 Å². The summed E-state index contributed by atoms with van der Waals surface area (Å²) in [7, 11) is 0. The van der Waals surface area contributed by atoms with Gasteiger partial charge in [0, 0.05) is 13.0 Å². The molecule has 9 heteroatoms. The van der Waals surface area contributed by atoms with E-state index >= 15 is 0 Å². The second-order valence-corrected chi connectivity index (χ2v) is 3.57. The molecule has 0 aromatic carbocycles. The summed E-state index contributed by atoms with van der Waals surface area (Å²) in [4.78, 5) is 21.7. The first kappa shape index (κ1) is 13.7. The Bertz CT molecular complexity index is 332. The van der Waals surface area contributed by atoms with E-state index in [1.807, 2.05) is 0 Å². The van der Waals surface area contributed by atoms with Crippen molar-refractivity contribution in [2.75, 3.05) is 13.2 Å². The van der Waals surface area contributed by atoms with Crippen molar-refractivity contribution < 1.29 is 37.7 Å². The first-order chi connectivity index (χ1) is 7.70. The number of carbonyl (C=O) groups excluding carboxylic acids is 1. The molecule has 0 bridgehead atoms. The summed E-state index contributed by atoms with van der Waals surface area (Å²) in [6, 6.07) is 0. The number of hydrogen-bond acceptors (Lipinski definition) is 4.